The van der Waals surface area contributed by atoms with Gasteiger partial charge in [0.2, 0.25) is 0 Å². The summed E-state index contributed by atoms with van der Waals surface area (Å²) in [5.74, 6) is -0.867. The van der Waals surface area contributed by atoms with Crippen LogP contribution in [0.1, 0.15) is 10.4 Å². The summed E-state index contributed by atoms with van der Waals surface area (Å²) in [6.45, 7) is 0. The minimum absolute atomic E-state index is 0.0458. The van der Waals surface area contributed by atoms with Crippen molar-refractivity contribution in [2.45, 2.75) is 0 Å². The zero-order chi connectivity index (χ0) is 14.1. The molecule has 0 bridgehead atoms. The molecule has 1 aromatic heterocycles. The summed E-state index contributed by atoms with van der Waals surface area (Å²) in [7, 11) is 0. The molecule has 1 amide bonds. The predicted molar refractivity (Wildman–Crippen MR) is 78.4 cm³/mol. The monoisotopic (exact) mass is 287 g/mol. The zero-order valence-electron chi connectivity index (χ0n) is 10.3. The van der Waals surface area contributed by atoms with E-state index >= 15 is 0 Å². The van der Waals surface area contributed by atoms with Crippen LogP contribution in [0, 0.1) is 5.82 Å². The van der Waals surface area contributed by atoms with Crippen LogP contribution in [-0.2, 0) is 0 Å². The van der Waals surface area contributed by atoms with Gasteiger partial charge >= 0.3 is 0 Å². The number of nitrogens with zero attached hydrogens (tertiary/aromatic N) is 1. The molecule has 0 saturated carbocycles. The number of hydrogen-bond donors (Lipinski definition) is 2. The van der Waals surface area contributed by atoms with E-state index in [9.17, 15) is 9.18 Å². The molecule has 6 heteroatoms. The summed E-state index contributed by atoms with van der Waals surface area (Å²) in [6.07, 6.45) is 0. The average Bonchev–Trinajstić information content (AvgIpc) is 2.89. The van der Waals surface area contributed by atoms with Crippen molar-refractivity contribution in [1.29, 1.82) is 0 Å². The topological polar surface area (TPSA) is 68.0 Å². The first-order chi connectivity index (χ1) is 9.63. The van der Waals surface area contributed by atoms with E-state index in [4.69, 9.17) is 5.73 Å². The highest BCUT2D eigenvalue weighted by Gasteiger charge is 2.09. The molecule has 1 heterocycles. The Bertz CT molecular complexity index is 800. The molecule has 0 fully saturated rings. The number of halogens is 1. The highest BCUT2D eigenvalue weighted by atomic mass is 32.1. The van der Waals surface area contributed by atoms with E-state index in [2.05, 4.69) is 10.3 Å². The molecule has 0 atom stereocenters. The van der Waals surface area contributed by atoms with Crippen LogP contribution in [0.15, 0.2) is 41.9 Å². The average molecular weight is 287 g/mol. The third-order valence-electron chi connectivity index (χ3n) is 2.85. The van der Waals surface area contributed by atoms with Crippen LogP contribution < -0.4 is 11.1 Å². The van der Waals surface area contributed by atoms with Gasteiger partial charge in [0.15, 0.2) is 0 Å². The van der Waals surface area contributed by atoms with Crippen molar-refractivity contribution in [2.24, 2.45) is 0 Å². The zero-order valence-corrected chi connectivity index (χ0v) is 11.1. The van der Waals surface area contributed by atoms with Crippen molar-refractivity contribution < 1.29 is 9.18 Å². The number of benzene rings is 2. The Kier molecular flexibility index (Phi) is 3.08. The van der Waals surface area contributed by atoms with Gasteiger partial charge in [-0.05, 0) is 36.4 Å². The van der Waals surface area contributed by atoms with Gasteiger partial charge in [-0.2, -0.15) is 0 Å². The van der Waals surface area contributed by atoms with Crippen LogP contribution in [-0.4, -0.2) is 10.9 Å². The van der Waals surface area contributed by atoms with Gasteiger partial charge in [0, 0.05) is 11.3 Å². The van der Waals surface area contributed by atoms with E-state index in [-0.39, 0.29) is 11.6 Å². The molecule has 0 aliphatic carbocycles. The number of nitrogens with two attached hydrogens (primary N) is 1. The summed E-state index contributed by atoms with van der Waals surface area (Å²) in [5.41, 5.74) is 9.01. The number of amides is 1. The fourth-order valence-electron chi connectivity index (χ4n) is 1.82. The Morgan fingerprint density at radius 1 is 1.25 bits per heavy atom. The fraction of sp³-hybridized carbons (Fsp3) is 0. The first-order valence-corrected chi connectivity index (χ1v) is 6.71. The lowest BCUT2D eigenvalue weighted by Crippen LogP contribution is -2.12. The van der Waals surface area contributed by atoms with Crippen LogP contribution >= 0.6 is 11.3 Å². The van der Waals surface area contributed by atoms with Crippen molar-refractivity contribution in [2.75, 3.05) is 11.1 Å². The standard InChI is InChI=1S/C14H10FN3OS/c15-10-3-1-8(5-11(10)16)14(19)18-9-2-4-12-13(6-9)20-7-17-12/h1-7H,16H2,(H,18,19). The molecule has 4 nitrogen and oxygen atoms in total. The van der Waals surface area contributed by atoms with Crippen LogP contribution in [0.2, 0.25) is 0 Å². The number of aromatic nitrogens is 1. The number of carbonyl (C=O) groups is 1. The van der Waals surface area contributed by atoms with Crippen LogP contribution in [0.25, 0.3) is 10.2 Å². The maximum absolute atomic E-state index is 13.1. The fourth-order valence-corrected chi connectivity index (χ4v) is 2.54. The summed E-state index contributed by atoms with van der Waals surface area (Å²) in [6, 6.07) is 9.34. The molecule has 20 heavy (non-hydrogen) atoms. The van der Waals surface area contributed by atoms with Crippen molar-refractivity contribution in [1.82, 2.24) is 4.98 Å². The number of fused-ring (bicyclic) bond motifs is 1. The number of thiazole rings is 1. The molecule has 0 aliphatic heterocycles. The van der Waals surface area contributed by atoms with Gasteiger partial charge in [0.1, 0.15) is 5.82 Å². The number of nitrogens with one attached hydrogen (secondary N) is 1. The van der Waals surface area contributed by atoms with Gasteiger partial charge in [0.05, 0.1) is 21.4 Å². The van der Waals surface area contributed by atoms with Crippen molar-refractivity contribution in [3.8, 4) is 0 Å². The minimum Gasteiger partial charge on any atom is -0.396 e. The quantitative estimate of drug-likeness (QED) is 0.711. The Hall–Kier alpha value is -2.47. The van der Waals surface area contributed by atoms with Gasteiger partial charge < -0.3 is 11.1 Å². The number of nitrogen functional groups attached to an aromatic ring is 1. The highest BCUT2D eigenvalue weighted by molar-refractivity contribution is 7.16. The second-order valence-corrected chi connectivity index (χ2v) is 5.11. The van der Waals surface area contributed by atoms with E-state index in [1.807, 2.05) is 12.1 Å². The SMILES string of the molecule is Nc1cc(C(=O)Nc2ccc3ncsc3c2)ccc1F. The highest BCUT2D eigenvalue weighted by Crippen LogP contribution is 2.22. The first-order valence-electron chi connectivity index (χ1n) is 5.83. The number of hydrogen-bond acceptors (Lipinski definition) is 4. The lowest BCUT2D eigenvalue weighted by Gasteiger charge is -2.06. The molecule has 0 saturated heterocycles. The van der Waals surface area contributed by atoms with Crippen LogP contribution in [0.3, 0.4) is 0 Å². The predicted octanol–water partition coefficient (Wildman–Crippen LogP) is 3.27. The van der Waals surface area contributed by atoms with Crippen molar-refractivity contribution in [3.05, 3.63) is 53.3 Å². The Morgan fingerprint density at radius 3 is 2.90 bits per heavy atom. The number of anilines is 2. The summed E-state index contributed by atoms with van der Waals surface area (Å²) in [5, 5.41) is 2.75. The molecule has 3 N–H and O–H groups in total. The summed E-state index contributed by atoms with van der Waals surface area (Å²) < 4.78 is 14.1. The largest absolute Gasteiger partial charge is 0.396 e. The molecule has 2 aromatic carbocycles. The molecule has 3 aromatic rings. The second kappa shape index (κ2) is 4.90. The molecule has 0 spiro atoms. The number of rotatable bonds is 2. The Balaban J connectivity index is 1.85. The third-order valence-corrected chi connectivity index (χ3v) is 3.64. The van der Waals surface area contributed by atoms with E-state index in [0.717, 1.165) is 10.2 Å². The number of carbonyl (C=O) groups excluding carboxylic acids is 1. The molecule has 0 aliphatic rings. The van der Waals surface area contributed by atoms with Gasteiger partial charge in [-0.3, -0.25) is 4.79 Å². The van der Waals surface area contributed by atoms with Gasteiger partial charge in [-0.15, -0.1) is 11.3 Å². The molecule has 0 radical (unpaired) electrons. The van der Waals surface area contributed by atoms with E-state index in [1.165, 1.54) is 29.5 Å². The molecular formula is C14H10FN3OS. The second-order valence-electron chi connectivity index (χ2n) is 4.23. The molecular weight excluding hydrogens is 277 g/mol. The third kappa shape index (κ3) is 2.33. The van der Waals surface area contributed by atoms with Crippen LogP contribution in [0.5, 0.6) is 0 Å². The van der Waals surface area contributed by atoms with Crippen molar-refractivity contribution in [3.63, 3.8) is 0 Å². The van der Waals surface area contributed by atoms with E-state index in [0.29, 0.717) is 11.3 Å². The summed E-state index contributed by atoms with van der Waals surface area (Å²) >= 11 is 1.50. The van der Waals surface area contributed by atoms with E-state index < -0.39 is 5.82 Å². The Morgan fingerprint density at radius 2 is 2.10 bits per heavy atom. The van der Waals surface area contributed by atoms with Gasteiger partial charge in [0.25, 0.3) is 5.91 Å². The molecule has 100 valence electrons. The maximum Gasteiger partial charge on any atom is 0.255 e. The van der Waals surface area contributed by atoms with Gasteiger partial charge in [-0.25, -0.2) is 9.37 Å². The van der Waals surface area contributed by atoms with Crippen LogP contribution in [0.4, 0.5) is 15.8 Å². The minimum atomic E-state index is -0.535. The molecule has 3 rings (SSSR count). The van der Waals surface area contributed by atoms with Crippen molar-refractivity contribution >= 4 is 38.8 Å². The lowest BCUT2D eigenvalue weighted by molar-refractivity contribution is 0.102. The maximum atomic E-state index is 13.1. The Labute approximate surface area is 118 Å². The normalized spacial score (nSPS) is 10.7. The lowest BCUT2D eigenvalue weighted by atomic mass is 10.1. The van der Waals surface area contributed by atoms with Gasteiger partial charge in [-0.1, -0.05) is 0 Å². The van der Waals surface area contributed by atoms with E-state index in [1.54, 1.807) is 11.6 Å². The molecule has 0 unspecified atom stereocenters. The first kappa shape index (κ1) is 12.6. The summed E-state index contributed by atoms with van der Waals surface area (Å²) in [4.78, 5) is 16.2. The smallest absolute Gasteiger partial charge is 0.255 e.